The van der Waals surface area contributed by atoms with Crippen LogP contribution in [0.25, 0.3) is 132 Å². The molecule has 10 aromatic carbocycles. The maximum Gasteiger partial charge on any atom is 0.135 e. The van der Waals surface area contributed by atoms with E-state index in [1.54, 1.807) is 0 Å². The number of benzene rings is 10. The molecule has 2 aliphatic carbocycles. The van der Waals surface area contributed by atoms with Gasteiger partial charge in [0.05, 0.1) is 0 Å². The van der Waals surface area contributed by atoms with Crippen LogP contribution in [0.5, 0.6) is 0 Å². The number of furan rings is 1. The molecule has 0 unspecified atom stereocenters. The van der Waals surface area contributed by atoms with Crippen LogP contribution in [0, 0.1) is 0 Å². The van der Waals surface area contributed by atoms with E-state index in [2.05, 4.69) is 170 Å². The van der Waals surface area contributed by atoms with Crippen LogP contribution in [-0.4, -0.2) is 0 Å². The lowest BCUT2D eigenvalue weighted by Crippen LogP contribution is -1.83. The molecule has 53 heavy (non-hydrogen) atoms. The van der Waals surface area contributed by atoms with Crippen molar-refractivity contribution in [2.45, 2.75) is 0 Å². The van der Waals surface area contributed by atoms with Crippen molar-refractivity contribution in [1.29, 1.82) is 0 Å². The molecule has 1 heterocycles. The van der Waals surface area contributed by atoms with Crippen LogP contribution in [0.15, 0.2) is 174 Å². The Balaban J connectivity index is 0.930. The highest BCUT2D eigenvalue weighted by molar-refractivity contribution is 6.25. The minimum absolute atomic E-state index is 0.911. The van der Waals surface area contributed by atoms with Gasteiger partial charge in [0, 0.05) is 10.8 Å². The molecule has 0 amide bonds. The van der Waals surface area contributed by atoms with Crippen LogP contribution in [0.2, 0.25) is 0 Å². The van der Waals surface area contributed by atoms with E-state index in [0.29, 0.717) is 0 Å². The molecule has 0 aliphatic heterocycles. The summed E-state index contributed by atoms with van der Waals surface area (Å²) in [6.45, 7) is 0. The molecule has 1 heteroatoms. The van der Waals surface area contributed by atoms with Gasteiger partial charge in [0.2, 0.25) is 0 Å². The lowest BCUT2D eigenvalue weighted by molar-refractivity contribution is 0.669. The zero-order chi connectivity index (χ0) is 34.4. The Labute approximate surface area is 305 Å². The van der Waals surface area contributed by atoms with Crippen molar-refractivity contribution in [3.05, 3.63) is 170 Å². The van der Waals surface area contributed by atoms with Gasteiger partial charge in [-0.2, -0.15) is 0 Å². The third kappa shape index (κ3) is 3.66. The van der Waals surface area contributed by atoms with E-state index in [9.17, 15) is 0 Å². The van der Waals surface area contributed by atoms with Gasteiger partial charge in [-0.1, -0.05) is 121 Å². The second-order valence-corrected chi connectivity index (χ2v) is 14.8. The van der Waals surface area contributed by atoms with Gasteiger partial charge in [-0.25, -0.2) is 0 Å². The predicted molar refractivity (Wildman–Crippen MR) is 223 cm³/mol. The quantitative estimate of drug-likeness (QED) is 0.167. The minimum atomic E-state index is 0.911. The number of hydrogen-bond donors (Lipinski definition) is 0. The van der Waals surface area contributed by atoms with E-state index in [1.165, 1.54) is 110 Å². The summed E-state index contributed by atoms with van der Waals surface area (Å²) in [7, 11) is 0. The molecule has 11 aromatic rings. The van der Waals surface area contributed by atoms with Crippen molar-refractivity contribution in [3.63, 3.8) is 0 Å². The maximum absolute atomic E-state index is 6.42. The molecule has 0 saturated carbocycles. The van der Waals surface area contributed by atoms with Crippen LogP contribution in [0.3, 0.4) is 0 Å². The maximum atomic E-state index is 6.42. The summed E-state index contributed by atoms with van der Waals surface area (Å²) in [5, 5.41) is 12.9. The first kappa shape index (κ1) is 27.7. The van der Waals surface area contributed by atoms with Crippen molar-refractivity contribution in [2.24, 2.45) is 0 Å². The smallest absolute Gasteiger partial charge is 0.135 e. The van der Waals surface area contributed by atoms with Crippen LogP contribution in [-0.2, 0) is 0 Å². The third-order valence-electron chi connectivity index (χ3n) is 12.1. The van der Waals surface area contributed by atoms with Gasteiger partial charge in [-0.15, -0.1) is 0 Å². The summed E-state index contributed by atoms with van der Waals surface area (Å²) in [6.07, 6.45) is 0. The summed E-state index contributed by atoms with van der Waals surface area (Å²) in [5.74, 6) is 0. The van der Waals surface area contributed by atoms with Crippen molar-refractivity contribution in [3.8, 4) is 66.8 Å². The topological polar surface area (TPSA) is 13.1 Å². The Morgan fingerprint density at radius 2 is 0.679 bits per heavy atom. The Hall–Kier alpha value is -6.96. The second kappa shape index (κ2) is 9.88. The third-order valence-corrected chi connectivity index (χ3v) is 12.1. The van der Waals surface area contributed by atoms with E-state index in [-0.39, 0.29) is 0 Å². The fourth-order valence-corrected chi connectivity index (χ4v) is 9.70. The van der Waals surface area contributed by atoms with Crippen LogP contribution in [0.4, 0.5) is 0 Å². The Morgan fingerprint density at radius 1 is 0.245 bits per heavy atom. The van der Waals surface area contributed by atoms with E-state index >= 15 is 0 Å². The lowest BCUT2D eigenvalue weighted by atomic mass is 9.95. The number of fused-ring (bicyclic) bond motifs is 13. The van der Waals surface area contributed by atoms with Crippen molar-refractivity contribution >= 4 is 65.0 Å². The Bertz CT molecular complexity index is 3220. The molecule has 0 fully saturated rings. The average Bonchev–Trinajstić information content (AvgIpc) is 3.86. The van der Waals surface area contributed by atoms with Gasteiger partial charge in [-0.05, 0) is 158 Å². The van der Waals surface area contributed by atoms with Crippen LogP contribution >= 0.6 is 0 Å². The van der Waals surface area contributed by atoms with E-state index in [1.807, 2.05) is 0 Å². The van der Waals surface area contributed by atoms with E-state index in [0.717, 1.165) is 21.9 Å². The highest BCUT2D eigenvalue weighted by Crippen LogP contribution is 2.52. The van der Waals surface area contributed by atoms with Gasteiger partial charge in [0.25, 0.3) is 0 Å². The summed E-state index contributed by atoms with van der Waals surface area (Å²) >= 11 is 0. The van der Waals surface area contributed by atoms with Crippen molar-refractivity contribution in [1.82, 2.24) is 0 Å². The van der Waals surface area contributed by atoms with Gasteiger partial charge in [0.1, 0.15) is 11.2 Å². The molecular weight excluding hydrogens is 641 g/mol. The molecule has 0 bridgehead atoms. The normalized spacial score (nSPS) is 12.5. The molecule has 0 radical (unpaired) electrons. The summed E-state index contributed by atoms with van der Waals surface area (Å²) in [4.78, 5) is 0. The average molecular weight is 669 g/mol. The molecular formula is C52H28O. The first-order valence-corrected chi connectivity index (χ1v) is 18.4. The van der Waals surface area contributed by atoms with Crippen LogP contribution < -0.4 is 0 Å². The zero-order valence-electron chi connectivity index (χ0n) is 28.6. The molecule has 1 aromatic heterocycles. The highest BCUT2D eigenvalue weighted by atomic mass is 16.3. The molecule has 0 saturated heterocycles. The highest BCUT2D eigenvalue weighted by Gasteiger charge is 2.25. The molecule has 0 spiro atoms. The minimum Gasteiger partial charge on any atom is -0.456 e. The van der Waals surface area contributed by atoms with Crippen molar-refractivity contribution in [2.75, 3.05) is 0 Å². The molecule has 13 rings (SSSR count). The zero-order valence-corrected chi connectivity index (χ0v) is 28.6. The van der Waals surface area contributed by atoms with Crippen LogP contribution in [0.1, 0.15) is 0 Å². The van der Waals surface area contributed by atoms with Gasteiger partial charge in [-0.3, -0.25) is 0 Å². The lowest BCUT2D eigenvalue weighted by Gasteiger charge is -2.08. The summed E-state index contributed by atoms with van der Waals surface area (Å²) in [5.41, 5.74) is 17.2. The van der Waals surface area contributed by atoms with E-state index in [4.69, 9.17) is 4.42 Å². The molecule has 0 N–H and O–H groups in total. The van der Waals surface area contributed by atoms with Crippen molar-refractivity contribution < 1.29 is 4.42 Å². The molecule has 1 nitrogen and oxygen atoms in total. The van der Waals surface area contributed by atoms with Gasteiger partial charge in [0.15, 0.2) is 0 Å². The summed E-state index contributed by atoms with van der Waals surface area (Å²) < 4.78 is 6.42. The molecule has 2 aliphatic rings. The number of rotatable bonds is 2. The largest absolute Gasteiger partial charge is 0.456 e. The van der Waals surface area contributed by atoms with Gasteiger partial charge < -0.3 is 4.42 Å². The first-order valence-electron chi connectivity index (χ1n) is 18.4. The second-order valence-electron chi connectivity index (χ2n) is 14.8. The summed E-state index contributed by atoms with van der Waals surface area (Å²) in [6, 6.07) is 63.0. The monoisotopic (exact) mass is 668 g/mol. The number of hydrogen-bond acceptors (Lipinski definition) is 1. The SMILES string of the molecule is c1ccc2c(c1)cc1c3c(cccc32)-c2cc(-c3ccc4oc5ccc(-c6ccc7c(c6)-c6cccc8c6c-7cc6ccccc68)cc5c4c3)ccc2-1. The van der Waals surface area contributed by atoms with Gasteiger partial charge >= 0.3 is 0 Å². The predicted octanol–water partition coefficient (Wildman–Crippen LogP) is 14.8. The molecule has 0 atom stereocenters. The Kier molecular flexibility index (Phi) is 5.17. The fourth-order valence-electron chi connectivity index (χ4n) is 9.70. The fraction of sp³-hybridized carbons (Fsp3) is 0. The standard InChI is InChI=1S/C52H28O/c1-3-9-35-33(7-1)27-47-37-19-15-29(23-43(37)41-13-5-11-39(35)51(41)47)31-17-21-49-45(25-31)46-26-32(18-22-50(46)53-49)30-16-20-38-44(24-30)42-14-6-12-40-36-10-4-2-8-34(36)28-48(38)52(40)42/h1-28H. The van der Waals surface area contributed by atoms with E-state index < -0.39 is 0 Å². The molecule has 242 valence electrons. The Morgan fingerprint density at radius 3 is 1.19 bits per heavy atom. The first-order chi connectivity index (χ1) is 26.2.